The Morgan fingerprint density at radius 2 is 2.33 bits per heavy atom. The zero-order chi connectivity index (χ0) is 6.91. The van der Waals surface area contributed by atoms with Gasteiger partial charge in [0.25, 0.3) is 0 Å². The van der Waals surface area contributed by atoms with Crippen LogP contribution in [0.5, 0.6) is 0 Å². The van der Waals surface area contributed by atoms with Crippen LogP contribution >= 0.6 is 0 Å². The van der Waals surface area contributed by atoms with E-state index in [1.54, 1.807) is 0 Å². The van der Waals surface area contributed by atoms with E-state index in [1.165, 1.54) is 18.6 Å². The molecule has 0 fully saturated rings. The Balaban J connectivity index is 2.70. The van der Waals surface area contributed by atoms with Crippen molar-refractivity contribution in [3.63, 3.8) is 0 Å². The van der Waals surface area contributed by atoms with E-state index >= 15 is 0 Å². The average molecular weight is 125 g/mol. The average Bonchev–Trinajstić information content (AvgIpc) is 2.15. The molecule has 0 amide bonds. The third kappa shape index (κ3) is 1.00. The van der Waals surface area contributed by atoms with Gasteiger partial charge in [0.2, 0.25) is 0 Å². The summed E-state index contributed by atoms with van der Waals surface area (Å²) in [7, 11) is 0. The molecule has 0 saturated heterocycles. The summed E-state index contributed by atoms with van der Waals surface area (Å²) in [5, 5.41) is 0. The minimum Gasteiger partial charge on any atom is -0.294 e. The van der Waals surface area contributed by atoms with Gasteiger partial charge in [-0.15, -0.1) is 0 Å². The van der Waals surface area contributed by atoms with Crippen molar-refractivity contribution in [2.24, 2.45) is 10.4 Å². The molecule has 0 N–H and O–H groups in total. The first-order valence-electron chi connectivity index (χ1n) is 3.70. The lowest BCUT2D eigenvalue weighted by Crippen LogP contribution is -2.19. The van der Waals surface area contributed by atoms with Crippen LogP contribution in [0.25, 0.3) is 0 Å². The van der Waals surface area contributed by atoms with Crippen molar-refractivity contribution >= 4 is 5.71 Å². The zero-order valence-corrected chi connectivity index (χ0v) is 6.57. The summed E-state index contributed by atoms with van der Waals surface area (Å²) in [5.41, 5.74) is 1.80. The van der Waals surface area contributed by atoms with E-state index in [-0.39, 0.29) is 0 Å². The maximum absolute atomic E-state index is 4.38. The number of hydrogen-bond donors (Lipinski definition) is 0. The van der Waals surface area contributed by atoms with Crippen molar-refractivity contribution in [1.82, 2.24) is 0 Å². The quantitative estimate of drug-likeness (QED) is 0.509. The predicted octanol–water partition coefficient (Wildman–Crippen LogP) is 2.27. The molecule has 52 valence electrons. The molecular weight excluding hydrogens is 110 g/mol. The second-order valence-electron chi connectivity index (χ2n) is 3.13. The third-order valence-electron chi connectivity index (χ3n) is 2.67. The first-order chi connectivity index (χ1) is 4.19. The molecule has 0 aromatic heterocycles. The first-order valence-corrected chi connectivity index (χ1v) is 3.70. The van der Waals surface area contributed by atoms with E-state index in [2.05, 4.69) is 25.8 Å². The van der Waals surface area contributed by atoms with Crippen LogP contribution in [0.2, 0.25) is 0 Å². The van der Waals surface area contributed by atoms with Crippen molar-refractivity contribution in [3.8, 4) is 0 Å². The standard InChI is InChI=1S/C8H15N/c1-4-8(3)5-6-9-7(8)2/h4-6H2,1-3H3. The summed E-state index contributed by atoms with van der Waals surface area (Å²) in [6, 6.07) is 0. The van der Waals surface area contributed by atoms with Gasteiger partial charge in [-0.2, -0.15) is 0 Å². The van der Waals surface area contributed by atoms with Crippen LogP contribution in [0.3, 0.4) is 0 Å². The van der Waals surface area contributed by atoms with Crippen molar-refractivity contribution in [3.05, 3.63) is 0 Å². The molecule has 9 heavy (non-hydrogen) atoms. The molecule has 0 aromatic rings. The van der Waals surface area contributed by atoms with Gasteiger partial charge < -0.3 is 0 Å². The molecule has 1 heterocycles. The maximum atomic E-state index is 4.38. The molecule has 1 unspecified atom stereocenters. The fourth-order valence-corrected chi connectivity index (χ4v) is 1.27. The highest BCUT2D eigenvalue weighted by Gasteiger charge is 2.28. The summed E-state index contributed by atoms with van der Waals surface area (Å²) in [6.45, 7) is 7.75. The van der Waals surface area contributed by atoms with Crippen molar-refractivity contribution in [1.29, 1.82) is 0 Å². The Morgan fingerprint density at radius 1 is 1.67 bits per heavy atom. The zero-order valence-electron chi connectivity index (χ0n) is 6.57. The van der Waals surface area contributed by atoms with Gasteiger partial charge >= 0.3 is 0 Å². The lowest BCUT2D eigenvalue weighted by Gasteiger charge is -2.21. The van der Waals surface area contributed by atoms with Gasteiger partial charge in [0.1, 0.15) is 0 Å². The van der Waals surface area contributed by atoms with Gasteiger partial charge in [0.05, 0.1) is 0 Å². The van der Waals surface area contributed by atoms with Crippen LogP contribution < -0.4 is 0 Å². The summed E-state index contributed by atoms with van der Waals surface area (Å²) in [5.74, 6) is 0. The molecule has 1 aliphatic rings. The van der Waals surface area contributed by atoms with Gasteiger partial charge in [-0.3, -0.25) is 4.99 Å². The van der Waals surface area contributed by atoms with Gasteiger partial charge in [0.15, 0.2) is 0 Å². The maximum Gasteiger partial charge on any atom is 0.0397 e. The second kappa shape index (κ2) is 2.13. The molecule has 1 rings (SSSR count). The number of nitrogens with zero attached hydrogens (tertiary/aromatic N) is 1. The van der Waals surface area contributed by atoms with Gasteiger partial charge in [0, 0.05) is 17.7 Å². The Kier molecular flexibility index (Phi) is 1.60. The fraction of sp³-hybridized carbons (Fsp3) is 0.875. The fourth-order valence-electron chi connectivity index (χ4n) is 1.27. The number of aliphatic imine (C=N–C) groups is 1. The van der Waals surface area contributed by atoms with Crippen molar-refractivity contribution in [2.75, 3.05) is 6.54 Å². The largest absolute Gasteiger partial charge is 0.294 e. The predicted molar refractivity (Wildman–Crippen MR) is 41.0 cm³/mol. The van der Waals surface area contributed by atoms with Crippen molar-refractivity contribution in [2.45, 2.75) is 33.6 Å². The van der Waals surface area contributed by atoms with E-state index in [0.717, 1.165) is 6.54 Å². The molecular formula is C8H15N. The lowest BCUT2D eigenvalue weighted by atomic mass is 9.82. The molecule has 1 nitrogen and oxygen atoms in total. The van der Waals surface area contributed by atoms with E-state index in [9.17, 15) is 0 Å². The van der Waals surface area contributed by atoms with E-state index < -0.39 is 0 Å². The molecule has 0 aliphatic carbocycles. The van der Waals surface area contributed by atoms with E-state index in [1.807, 2.05) is 0 Å². The summed E-state index contributed by atoms with van der Waals surface area (Å²) in [4.78, 5) is 4.38. The highest BCUT2D eigenvalue weighted by molar-refractivity contribution is 5.89. The molecule has 1 aliphatic heterocycles. The Bertz CT molecular complexity index is 138. The van der Waals surface area contributed by atoms with Gasteiger partial charge in [-0.1, -0.05) is 13.8 Å². The lowest BCUT2D eigenvalue weighted by molar-refractivity contribution is 0.446. The highest BCUT2D eigenvalue weighted by atomic mass is 14.8. The molecule has 0 spiro atoms. The Morgan fingerprint density at radius 3 is 2.56 bits per heavy atom. The monoisotopic (exact) mass is 125 g/mol. The molecule has 0 saturated carbocycles. The third-order valence-corrected chi connectivity index (χ3v) is 2.67. The Hall–Kier alpha value is -0.330. The van der Waals surface area contributed by atoms with Crippen LogP contribution in [0.4, 0.5) is 0 Å². The summed E-state index contributed by atoms with van der Waals surface area (Å²) >= 11 is 0. The van der Waals surface area contributed by atoms with Crippen LogP contribution in [-0.2, 0) is 0 Å². The topological polar surface area (TPSA) is 12.4 Å². The van der Waals surface area contributed by atoms with E-state index in [4.69, 9.17) is 0 Å². The minimum atomic E-state index is 0.444. The SMILES string of the molecule is CCC1(C)CCN=C1C. The van der Waals surface area contributed by atoms with Crippen molar-refractivity contribution < 1.29 is 0 Å². The van der Waals surface area contributed by atoms with Gasteiger partial charge in [-0.05, 0) is 19.8 Å². The highest BCUT2D eigenvalue weighted by Crippen LogP contribution is 2.31. The Labute approximate surface area is 57.2 Å². The van der Waals surface area contributed by atoms with Gasteiger partial charge in [-0.25, -0.2) is 0 Å². The molecule has 1 heteroatoms. The molecule has 0 radical (unpaired) electrons. The molecule has 1 atom stereocenters. The number of hydrogen-bond acceptors (Lipinski definition) is 1. The molecule has 0 bridgehead atoms. The van der Waals surface area contributed by atoms with Crippen LogP contribution in [0.1, 0.15) is 33.6 Å². The molecule has 0 aromatic carbocycles. The second-order valence-corrected chi connectivity index (χ2v) is 3.13. The van der Waals surface area contributed by atoms with Crippen LogP contribution in [0, 0.1) is 5.41 Å². The summed E-state index contributed by atoms with van der Waals surface area (Å²) in [6.07, 6.45) is 2.50. The normalized spacial score (nSPS) is 34.8. The van der Waals surface area contributed by atoms with E-state index in [0.29, 0.717) is 5.41 Å². The summed E-state index contributed by atoms with van der Waals surface area (Å²) < 4.78 is 0. The number of rotatable bonds is 1. The van der Waals surface area contributed by atoms with Crippen LogP contribution in [0.15, 0.2) is 4.99 Å². The first kappa shape index (κ1) is 6.79. The van der Waals surface area contributed by atoms with Crippen LogP contribution in [-0.4, -0.2) is 12.3 Å². The minimum absolute atomic E-state index is 0.444. The smallest absolute Gasteiger partial charge is 0.0397 e.